The fraction of sp³-hybridized carbons (Fsp3) is 0.571. The van der Waals surface area contributed by atoms with Crippen LogP contribution in [-0.4, -0.2) is 54.8 Å². The minimum absolute atomic E-state index is 0.0432. The van der Waals surface area contributed by atoms with E-state index in [1.165, 1.54) is 0 Å². The van der Waals surface area contributed by atoms with Gasteiger partial charge in [-0.25, -0.2) is 9.97 Å². The fourth-order valence-electron chi connectivity index (χ4n) is 3.93. The third-order valence-corrected chi connectivity index (χ3v) is 5.50. The molecule has 4 rings (SSSR count). The molecule has 1 atom stereocenters. The Morgan fingerprint density at radius 3 is 2.64 bits per heavy atom. The van der Waals surface area contributed by atoms with Crippen LogP contribution in [0, 0.1) is 5.92 Å². The zero-order valence-electron chi connectivity index (χ0n) is 16.4. The van der Waals surface area contributed by atoms with Gasteiger partial charge in [-0.15, -0.1) is 0 Å². The molecule has 2 saturated heterocycles. The maximum atomic E-state index is 12.5. The van der Waals surface area contributed by atoms with Crippen LogP contribution in [0.1, 0.15) is 32.6 Å². The number of nitrogens with one attached hydrogen (secondary N) is 1. The zero-order valence-corrected chi connectivity index (χ0v) is 16.4. The van der Waals surface area contributed by atoms with Gasteiger partial charge in [-0.3, -0.25) is 4.79 Å². The Bertz CT molecular complexity index is 814. The molecule has 0 aliphatic carbocycles. The van der Waals surface area contributed by atoms with Gasteiger partial charge in [-0.1, -0.05) is 12.1 Å². The Morgan fingerprint density at radius 1 is 1.21 bits per heavy atom. The highest BCUT2D eigenvalue weighted by molar-refractivity contribution is 5.79. The normalized spacial score (nSPS) is 20.5. The molecule has 1 amide bonds. The van der Waals surface area contributed by atoms with Crippen molar-refractivity contribution in [2.75, 3.05) is 37.7 Å². The van der Waals surface area contributed by atoms with Gasteiger partial charge in [0, 0.05) is 32.2 Å². The highest BCUT2D eigenvalue weighted by atomic mass is 16.5. The quantitative estimate of drug-likeness (QED) is 0.825. The number of anilines is 1. The van der Waals surface area contributed by atoms with Crippen molar-refractivity contribution in [1.82, 2.24) is 15.3 Å². The molecule has 0 saturated carbocycles. The summed E-state index contributed by atoms with van der Waals surface area (Å²) in [5.74, 6) is 1.53. The molecule has 0 spiro atoms. The first-order valence-electron chi connectivity index (χ1n) is 10.3. The van der Waals surface area contributed by atoms with Crippen molar-refractivity contribution >= 4 is 22.8 Å². The second-order valence-electron chi connectivity index (χ2n) is 7.42. The number of amides is 1. The molecule has 2 aliphatic rings. The van der Waals surface area contributed by atoms with Gasteiger partial charge in [0.2, 0.25) is 5.91 Å². The molecule has 7 nitrogen and oxygen atoms in total. The Labute approximate surface area is 165 Å². The van der Waals surface area contributed by atoms with Gasteiger partial charge in [-0.05, 0) is 44.7 Å². The fourth-order valence-corrected chi connectivity index (χ4v) is 3.93. The van der Waals surface area contributed by atoms with Gasteiger partial charge >= 0.3 is 0 Å². The molecule has 7 heteroatoms. The number of benzene rings is 1. The average Bonchev–Trinajstić information content (AvgIpc) is 3.25. The number of hydrogen-bond acceptors (Lipinski definition) is 6. The van der Waals surface area contributed by atoms with Crippen molar-refractivity contribution in [3.05, 3.63) is 24.3 Å². The van der Waals surface area contributed by atoms with Gasteiger partial charge in [0.05, 0.1) is 23.7 Å². The Hall–Kier alpha value is -2.41. The Kier molecular flexibility index (Phi) is 5.90. The highest BCUT2D eigenvalue weighted by Gasteiger charge is 2.28. The number of carbonyl (C=O) groups is 1. The standard InChI is InChI=1S/C21H28N4O3/c1-2-27-21-19(23-17-7-3-4-8-18(17)24-21)25-11-9-15(10-12-25)20(26)22-14-16-6-5-13-28-16/h3-4,7-8,15-16H,2,5-6,9-14H2,1H3,(H,22,26)/t16-/m0/s1. The van der Waals surface area contributed by atoms with E-state index in [1.54, 1.807) is 0 Å². The zero-order chi connectivity index (χ0) is 19.3. The first-order chi connectivity index (χ1) is 13.7. The summed E-state index contributed by atoms with van der Waals surface area (Å²) >= 11 is 0. The summed E-state index contributed by atoms with van der Waals surface area (Å²) < 4.78 is 11.3. The van der Waals surface area contributed by atoms with Crippen LogP contribution in [0.25, 0.3) is 11.0 Å². The summed E-state index contributed by atoms with van der Waals surface area (Å²) in [6.45, 7) is 5.47. The van der Waals surface area contributed by atoms with E-state index in [2.05, 4.69) is 15.2 Å². The molecule has 1 aromatic carbocycles. The van der Waals surface area contributed by atoms with Crippen molar-refractivity contribution in [2.45, 2.75) is 38.7 Å². The van der Waals surface area contributed by atoms with Crippen molar-refractivity contribution in [2.24, 2.45) is 5.92 Å². The number of nitrogens with zero attached hydrogens (tertiary/aromatic N) is 3. The number of ether oxygens (including phenoxy) is 2. The SMILES string of the molecule is CCOc1nc2ccccc2nc1N1CCC(C(=O)NC[C@@H]2CCCO2)CC1. The maximum Gasteiger partial charge on any atom is 0.258 e. The van der Waals surface area contributed by atoms with Crippen LogP contribution < -0.4 is 15.0 Å². The Morgan fingerprint density at radius 2 is 1.96 bits per heavy atom. The van der Waals surface area contributed by atoms with Gasteiger partial charge in [-0.2, -0.15) is 0 Å². The van der Waals surface area contributed by atoms with Crippen LogP contribution in [0.5, 0.6) is 5.88 Å². The van der Waals surface area contributed by atoms with Gasteiger partial charge in [0.1, 0.15) is 0 Å². The van der Waals surface area contributed by atoms with Gasteiger partial charge in [0.15, 0.2) is 5.82 Å². The number of aromatic nitrogens is 2. The van der Waals surface area contributed by atoms with E-state index >= 15 is 0 Å². The molecule has 28 heavy (non-hydrogen) atoms. The molecule has 0 bridgehead atoms. The third kappa shape index (κ3) is 4.19. The summed E-state index contributed by atoms with van der Waals surface area (Å²) in [5, 5.41) is 3.07. The lowest BCUT2D eigenvalue weighted by Crippen LogP contribution is -2.42. The van der Waals surface area contributed by atoms with E-state index in [0.717, 1.165) is 62.2 Å². The van der Waals surface area contributed by atoms with E-state index in [-0.39, 0.29) is 17.9 Å². The highest BCUT2D eigenvalue weighted by Crippen LogP contribution is 2.30. The lowest BCUT2D eigenvalue weighted by Gasteiger charge is -2.32. The summed E-state index contributed by atoms with van der Waals surface area (Å²) in [6.07, 6.45) is 3.92. The molecule has 2 aromatic rings. The summed E-state index contributed by atoms with van der Waals surface area (Å²) in [4.78, 5) is 24.1. The predicted octanol–water partition coefficient (Wildman–Crippen LogP) is 2.54. The van der Waals surface area contributed by atoms with Crippen LogP contribution in [-0.2, 0) is 9.53 Å². The summed E-state index contributed by atoms with van der Waals surface area (Å²) in [5.41, 5.74) is 1.69. The monoisotopic (exact) mass is 384 g/mol. The predicted molar refractivity (Wildman–Crippen MR) is 108 cm³/mol. The van der Waals surface area contributed by atoms with Crippen LogP contribution in [0.15, 0.2) is 24.3 Å². The van der Waals surface area contributed by atoms with Crippen LogP contribution in [0.4, 0.5) is 5.82 Å². The number of fused-ring (bicyclic) bond motifs is 1. The van der Waals surface area contributed by atoms with Gasteiger partial charge < -0.3 is 19.7 Å². The number of carbonyl (C=O) groups excluding carboxylic acids is 1. The third-order valence-electron chi connectivity index (χ3n) is 5.50. The summed E-state index contributed by atoms with van der Waals surface area (Å²) in [7, 11) is 0. The largest absolute Gasteiger partial charge is 0.475 e. The molecule has 2 fully saturated rings. The molecule has 3 heterocycles. The number of hydrogen-bond donors (Lipinski definition) is 1. The van der Waals surface area contributed by atoms with Crippen LogP contribution >= 0.6 is 0 Å². The number of rotatable bonds is 6. The minimum Gasteiger partial charge on any atom is -0.475 e. The molecule has 2 aliphatic heterocycles. The minimum atomic E-state index is 0.0432. The molecule has 0 radical (unpaired) electrons. The molecular formula is C21H28N4O3. The van der Waals surface area contributed by atoms with Crippen molar-refractivity contribution in [3.8, 4) is 5.88 Å². The van der Waals surface area contributed by atoms with E-state index in [4.69, 9.17) is 14.5 Å². The molecular weight excluding hydrogens is 356 g/mol. The van der Waals surface area contributed by atoms with E-state index in [0.29, 0.717) is 19.0 Å². The number of para-hydroxylation sites is 2. The summed E-state index contributed by atoms with van der Waals surface area (Å²) in [6, 6.07) is 7.82. The van der Waals surface area contributed by atoms with Crippen LogP contribution in [0.3, 0.4) is 0 Å². The number of piperidine rings is 1. The van der Waals surface area contributed by atoms with Gasteiger partial charge in [0.25, 0.3) is 5.88 Å². The average molecular weight is 384 g/mol. The lowest BCUT2D eigenvalue weighted by atomic mass is 9.96. The van der Waals surface area contributed by atoms with Crippen molar-refractivity contribution < 1.29 is 14.3 Å². The maximum absolute atomic E-state index is 12.5. The van der Waals surface area contributed by atoms with Crippen molar-refractivity contribution in [1.29, 1.82) is 0 Å². The second-order valence-corrected chi connectivity index (χ2v) is 7.42. The topological polar surface area (TPSA) is 76.6 Å². The first-order valence-corrected chi connectivity index (χ1v) is 10.3. The second kappa shape index (κ2) is 8.73. The van der Waals surface area contributed by atoms with Crippen molar-refractivity contribution in [3.63, 3.8) is 0 Å². The smallest absolute Gasteiger partial charge is 0.258 e. The lowest BCUT2D eigenvalue weighted by molar-refractivity contribution is -0.126. The van der Waals surface area contributed by atoms with E-state index in [1.807, 2.05) is 31.2 Å². The van der Waals surface area contributed by atoms with E-state index < -0.39 is 0 Å². The van der Waals surface area contributed by atoms with E-state index in [9.17, 15) is 4.79 Å². The molecule has 1 aromatic heterocycles. The first kappa shape index (κ1) is 18.9. The molecule has 150 valence electrons. The molecule has 0 unspecified atom stereocenters. The Balaban J connectivity index is 1.40. The van der Waals surface area contributed by atoms with Crippen LogP contribution in [0.2, 0.25) is 0 Å². The molecule has 1 N–H and O–H groups in total.